The molecule has 0 saturated carbocycles. The quantitative estimate of drug-likeness (QED) is 0.797. The monoisotopic (exact) mass is 282 g/mol. The van der Waals surface area contributed by atoms with E-state index in [-0.39, 0.29) is 0 Å². The van der Waals surface area contributed by atoms with E-state index in [0.717, 1.165) is 13.3 Å². The van der Waals surface area contributed by atoms with Crippen molar-refractivity contribution in [2.45, 2.75) is 19.2 Å². The van der Waals surface area contributed by atoms with E-state index in [1.165, 1.54) is 6.07 Å². The van der Waals surface area contributed by atoms with E-state index in [2.05, 4.69) is 14.5 Å². The Morgan fingerprint density at radius 2 is 2.05 bits per heavy atom. The van der Waals surface area contributed by atoms with Gasteiger partial charge in [-0.15, -0.1) is 13.2 Å². The van der Waals surface area contributed by atoms with Crippen molar-refractivity contribution < 1.29 is 31.4 Å². The largest absolute Gasteiger partial charge is 0.573 e. The van der Waals surface area contributed by atoms with Gasteiger partial charge < -0.3 is 9.47 Å². The molecule has 4 nitrogen and oxygen atoms in total. The summed E-state index contributed by atoms with van der Waals surface area (Å²) in [7, 11) is 0.986. The van der Waals surface area contributed by atoms with Crippen LogP contribution in [0.25, 0.3) is 0 Å². The highest BCUT2D eigenvalue weighted by Gasteiger charge is 2.36. The average Bonchev–Trinajstić information content (AvgIpc) is 2.27. The average molecular weight is 282 g/mol. The third-order valence-corrected chi connectivity index (χ3v) is 2.02. The summed E-state index contributed by atoms with van der Waals surface area (Å²) in [5.74, 6) is -1.76. The molecule has 1 aromatic rings. The fourth-order valence-corrected chi connectivity index (χ4v) is 1.34. The van der Waals surface area contributed by atoms with E-state index < -0.39 is 42.0 Å². The fraction of sp³-hybridized carbons (Fsp3) is 0.400. The molecule has 104 valence electrons. The number of ether oxygens (including phenoxy) is 2. The van der Waals surface area contributed by atoms with Crippen LogP contribution in [0.2, 0.25) is 0 Å². The van der Waals surface area contributed by atoms with Gasteiger partial charge >= 0.3 is 6.36 Å². The van der Waals surface area contributed by atoms with Crippen LogP contribution >= 0.6 is 0 Å². The number of nitriles is 1. The summed E-state index contributed by atoms with van der Waals surface area (Å²) >= 11 is 0. The van der Waals surface area contributed by atoms with Crippen LogP contribution in [-0.2, 0) is 6.42 Å². The Hall–Kier alpha value is -2.11. The number of pyridine rings is 1. The van der Waals surface area contributed by atoms with Gasteiger partial charge in [-0.3, -0.25) is 4.98 Å². The van der Waals surface area contributed by atoms with Crippen molar-refractivity contribution in [1.29, 1.82) is 5.26 Å². The molecule has 0 aliphatic carbocycles. The van der Waals surface area contributed by atoms with Crippen molar-refractivity contribution in [3.05, 3.63) is 17.5 Å². The molecule has 0 amide bonds. The minimum atomic E-state index is -5.16. The lowest BCUT2D eigenvalue weighted by Gasteiger charge is -2.17. The number of methoxy groups -OCH3 is 1. The highest BCUT2D eigenvalue weighted by atomic mass is 19.4. The van der Waals surface area contributed by atoms with Gasteiger partial charge in [0.15, 0.2) is 11.5 Å². The lowest BCUT2D eigenvalue weighted by molar-refractivity contribution is -0.275. The van der Waals surface area contributed by atoms with Crippen molar-refractivity contribution in [2.75, 3.05) is 7.11 Å². The Morgan fingerprint density at radius 1 is 1.42 bits per heavy atom. The standard InChI is InChI=1S/C10H7F5N2O2/c1-18-6-4-17-5(2-3-16)7(9(11)12)8(6)19-10(13,14)15/h4,9H,2H2,1H3. The molecular formula is C10H7F5N2O2. The molecular weight excluding hydrogens is 275 g/mol. The maximum Gasteiger partial charge on any atom is 0.573 e. The topological polar surface area (TPSA) is 55.1 Å². The molecule has 0 spiro atoms. The normalized spacial score (nSPS) is 11.3. The van der Waals surface area contributed by atoms with Gasteiger partial charge in [0.1, 0.15) is 0 Å². The molecule has 1 heterocycles. The first kappa shape index (κ1) is 14.9. The molecule has 0 aromatic carbocycles. The molecule has 0 bridgehead atoms. The first-order chi connectivity index (χ1) is 8.80. The number of alkyl halides is 5. The molecule has 9 heteroatoms. The zero-order chi connectivity index (χ0) is 14.6. The van der Waals surface area contributed by atoms with Gasteiger partial charge in [-0.25, -0.2) is 8.78 Å². The van der Waals surface area contributed by atoms with Gasteiger partial charge in [-0.05, 0) is 0 Å². The minimum Gasteiger partial charge on any atom is -0.491 e. The molecule has 1 rings (SSSR count). The number of hydrogen-bond donors (Lipinski definition) is 0. The van der Waals surface area contributed by atoms with Crippen LogP contribution in [0.1, 0.15) is 17.7 Å². The van der Waals surface area contributed by atoms with Crippen molar-refractivity contribution >= 4 is 0 Å². The molecule has 0 saturated heterocycles. The maximum absolute atomic E-state index is 12.9. The second-order valence-electron chi connectivity index (χ2n) is 3.20. The number of nitrogens with zero attached hydrogens (tertiary/aromatic N) is 2. The van der Waals surface area contributed by atoms with Crippen LogP contribution in [0, 0.1) is 11.3 Å². The Bertz CT molecular complexity index is 496. The maximum atomic E-state index is 12.9. The van der Waals surface area contributed by atoms with E-state index in [1.54, 1.807) is 0 Å². The highest BCUT2D eigenvalue weighted by Crippen LogP contribution is 2.41. The second-order valence-corrected chi connectivity index (χ2v) is 3.20. The number of halogens is 5. The van der Waals surface area contributed by atoms with Crippen molar-refractivity contribution in [3.8, 4) is 17.6 Å². The second kappa shape index (κ2) is 5.69. The predicted molar refractivity (Wildman–Crippen MR) is 51.7 cm³/mol. The lowest BCUT2D eigenvalue weighted by atomic mass is 10.1. The van der Waals surface area contributed by atoms with E-state index in [4.69, 9.17) is 5.26 Å². The van der Waals surface area contributed by atoms with Crippen molar-refractivity contribution in [3.63, 3.8) is 0 Å². The molecule has 19 heavy (non-hydrogen) atoms. The predicted octanol–water partition coefficient (Wildman–Crippen LogP) is 2.99. The molecule has 0 N–H and O–H groups in total. The van der Waals surface area contributed by atoms with E-state index in [1.807, 2.05) is 0 Å². The molecule has 0 unspecified atom stereocenters. The number of aromatic nitrogens is 1. The van der Waals surface area contributed by atoms with Crippen LogP contribution in [0.5, 0.6) is 11.5 Å². The summed E-state index contributed by atoms with van der Waals surface area (Å²) in [5, 5.41) is 8.45. The molecule has 0 aliphatic heterocycles. The van der Waals surface area contributed by atoms with Crippen LogP contribution in [0.15, 0.2) is 6.20 Å². The molecule has 0 fully saturated rings. The lowest BCUT2D eigenvalue weighted by Crippen LogP contribution is -2.19. The summed E-state index contributed by atoms with van der Waals surface area (Å²) in [6.07, 6.45) is -8.23. The van der Waals surface area contributed by atoms with Gasteiger partial charge in [0, 0.05) is 0 Å². The van der Waals surface area contributed by atoms with Gasteiger partial charge in [-0.2, -0.15) is 5.26 Å². The Kier molecular flexibility index (Phi) is 4.47. The van der Waals surface area contributed by atoms with E-state index in [9.17, 15) is 22.0 Å². The van der Waals surface area contributed by atoms with Crippen LogP contribution in [0.4, 0.5) is 22.0 Å². The minimum absolute atomic E-state index is 0.488. The fourth-order valence-electron chi connectivity index (χ4n) is 1.34. The first-order valence-electron chi connectivity index (χ1n) is 4.76. The van der Waals surface area contributed by atoms with Gasteiger partial charge in [0.2, 0.25) is 0 Å². The Morgan fingerprint density at radius 3 is 2.47 bits per heavy atom. The first-order valence-corrected chi connectivity index (χ1v) is 4.76. The molecule has 0 aliphatic rings. The number of hydrogen-bond acceptors (Lipinski definition) is 4. The smallest absolute Gasteiger partial charge is 0.491 e. The summed E-state index contributed by atoms with van der Waals surface area (Å²) in [5.41, 5.74) is -1.59. The third-order valence-electron chi connectivity index (χ3n) is 2.02. The summed E-state index contributed by atoms with van der Waals surface area (Å²) in [6.45, 7) is 0. The molecule has 1 aromatic heterocycles. The zero-order valence-corrected chi connectivity index (χ0v) is 9.46. The molecule has 0 radical (unpaired) electrons. The van der Waals surface area contributed by atoms with Crippen molar-refractivity contribution in [1.82, 2.24) is 4.98 Å². The Balaban J connectivity index is 3.44. The number of rotatable bonds is 4. The highest BCUT2D eigenvalue weighted by molar-refractivity contribution is 5.48. The van der Waals surface area contributed by atoms with Crippen LogP contribution in [-0.4, -0.2) is 18.5 Å². The van der Waals surface area contributed by atoms with Gasteiger partial charge in [-0.1, -0.05) is 0 Å². The third kappa shape index (κ3) is 3.67. The van der Waals surface area contributed by atoms with Crippen LogP contribution in [0.3, 0.4) is 0 Å². The van der Waals surface area contributed by atoms with E-state index >= 15 is 0 Å². The van der Waals surface area contributed by atoms with E-state index in [0.29, 0.717) is 0 Å². The zero-order valence-electron chi connectivity index (χ0n) is 9.46. The molecule has 0 atom stereocenters. The van der Waals surface area contributed by atoms with Gasteiger partial charge in [0.25, 0.3) is 6.43 Å². The SMILES string of the molecule is COc1cnc(CC#N)c(C(F)F)c1OC(F)(F)F. The summed E-state index contributed by atoms with van der Waals surface area (Å²) in [4.78, 5) is 3.48. The van der Waals surface area contributed by atoms with Crippen LogP contribution < -0.4 is 9.47 Å². The summed E-state index contributed by atoms with van der Waals surface area (Å²) in [6, 6.07) is 1.53. The van der Waals surface area contributed by atoms with Gasteiger partial charge in [0.05, 0.1) is 37.1 Å². The summed E-state index contributed by atoms with van der Waals surface area (Å²) < 4.78 is 70.4. The van der Waals surface area contributed by atoms with Crippen molar-refractivity contribution in [2.24, 2.45) is 0 Å². The Labute approximate surface area is 104 Å².